The molecule has 2 aromatic carbocycles. The number of aromatic hydroxyl groups is 1. The van der Waals surface area contributed by atoms with Gasteiger partial charge in [-0.15, -0.1) is 0 Å². The number of nitrogens with zero attached hydrogens (tertiary/aromatic N) is 2. The van der Waals surface area contributed by atoms with Crippen LogP contribution in [0.2, 0.25) is 0 Å². The Morgan fingerprint density at radius 2 is 1.92 bits per heavy atom. The molecule has 0 bridgehead atoms. The second kappa shape index (κ2) is 8.49. The van der Waals surface area contributed by atoms with Crippen molar-refractivity contribution in [2.75, 3.05) is 5.32 Å². The quantitative estimate of drug-likeness (QED) is 0.501. The predicted molar refractivity (Wildman–Crippen MR) is 104 cm³/mol. The summed E-state index contributed by atoms with van der Waals surface area (Å²) in [6, 6.07) is 18.3. The Bertz CT molecular complexity index is 887. The van der Waals surface area contributed by atoms with Crippen LogP contribution in [0.15, 0.2) is 72.0 Å². The fraction of sp³-hybridized carbons (Fsp3) is 0.150. The molecule has 0 saturated heterocycles. The molecular weight excluding hydrogens is 346 g/mol. The number of thioether (sulfide) groups is 1. The van der Waals surface area contributed by atoms with Gasteiger partial charge >= 0.3 is 0 Å². The van der Waals surface area contributed by atoms with E-state index in [0.29, 0.717) is 12.1 Å². The van der Waals surface area contributed by atoms with E-state index >= 15 is 0 Å². The van der Waals surface area contributed by atoms with E-state index in [1.54, 1.807) is 18.2 Å². The summed E-state index contributed by atoms with van der Waals surface area (Å²) in [6.07, 6.45) is 2.17. The number of carbonyl (C=O) groups is 1. The fourth-order valence-electron chi connectivity index (χ4n) is 2.45. The molecule has 0 aliphatic carbocycles. The third-order valence-electron chi connectivity index (χ3n) is 3.75. The maximum atomic E-state index is 12.6. The summed E-state index contributed by atoms with van der Waals surface area (Å²) >= 11 is 1.40. The zero-order valence-corrected chi connectivity index (χ0v) is 15.1. The molecule has 0 fully saturated rings. The van der Waals surface area contributed by atoms with Gasteiger partial charge in [-0.05, 0) is 24.6 Å². The van der Waals surface area contributed by atoms with Gasteiger partial charge in [0, 0.05) is 17.3 Å². The van der Waals surface area contributed by atoms with E-state index in [2.05, 4.69) is 15.3 Å². The number of carbonyl (C=O) groups excluding carboxylic acids is 1. The van der Waals surface area contributed by atoms with Crippen LogP contribution in [0.4, 0.5) is 5.69 Å². The summed E-state index contributed by atoms with van der Waals surface area (Å²) in [5, 5.41) is 12.8. The highest BCUT2D eigenvalue weighted by Crippen LogP contribution is 2.28. The van der Waals surface area contributed by atoms with Gasteiger partial charge in [0.15, 0.2) is 0 Å². The molecule has 0 saturated carbocycles. The van der Waals surface area contributed by atoms with Crippen molar-refractivity contribution in [3.8, 4) is 17.0 Å². The first-order valence-electron chi connectivity index (χ1n) is 8.29. The largest absolute Gasteiger partial charge is 0.508 e. The number of benzene rings is 2. The molecule has 0 spiro atoms. The maximum absolute atomic E-state index is 12.6. The van der Waals surface area contributed by atoms with Crippen LogP contribution in [-0.4, -0.2) is 26.2 Å². The SMILES string of the molecule is CCC(Sc1cc(-c2ccccc2)ncn1)C(=O)Nc1cccc(O)c1. The maximum Gasteiger partial charge on any atom is 0.237 e. The van der Waals surface area contributed by atoms with Gasteiger partial charge in [-0.1, -0.05) is 55.1 Å². The Hall–Kier alpha value is -2.86. The van der Waals surface area contributed by atoms with Crippen molar-refractivity contribution in [3.05, 3.63) is 67.0 Å². The highest BCUT2D eigenvalue weighted by atomic mass is 32.2. The molecule has 0 radical (unpaired) electrons. The van der Waals surface area contributed by atoms with E-state index < -0.39 is 0 Å². The molecule has 1 atom stereocenters. The van der Waals surface area contributed by atoms with Gasteiger partial charge in [-0.2, -0.15) is 0 Å². The van der Waals surface area contributed by atoms with Gasteiger partial charge in [0.1, 0.15) is 17.1 Å². The third-order valence-corrected chi connectivity index (χ3v) is 5.05. The molecule has 132 valence electrons. The minimum absolute atomic E-state index is 0.117. The Labute approximate surface area is 156 Å². The van der Waals surface area contributed by atoms with Crippen LogP contribution in [0, 0.1) is 0 Å². The lowest BCUT2D eigenvalue weighted by molar-refractivity contribution is -0.115. The van der Waals surface area contributed by atoms with E-state index in [9.17, 15) is 9.90 Å². The number of hydrogen-bond donors (Lipinski definition) is 2. The number of anilines is 1. The van der Waals surface area contributed by atoms with Gasteiger partial charge in [0.25, 0.3) is 0 Å². The number of rotatable bonds is 6. The molecule has 3 rings (SSSR count). The molecule has 1 heterocycles. The third kappa shape index (κ3) is 4.61. The van der Waals surface area contributed by atoms with Crippen LogP contribution in [-0.2, 0) is 4.79 Å². The molecule has 6 heteroatoms. The molecular formula is C20H19N3O2S. The first kappa shape index (κ1) is 17.9. The van der Waals surface area contributed by atoms with E-state index in [1.165, 1.54) is 24.2 Å². The summed E-state index contributed by atoms with van der Waals surface area (Å²) in [5.74, 6) is -0.00483. The van der Waals surface area contributed by atoms with Gasteiger partial charge in [0.2, 0.25) is 5.91 Å². The fourth-order valence-corrected chi connectivity index (χ4v) is 3.36. The Balaban J connectivity index is 1.72. The van der Waals surface area contributed by atoms with Crippen molar-refractivity contribution in [3.63, 3.8) is 0 Å². The van der Waals surface area contributed by atoms with Crippen LogP contribution in [0.3, 0.4) is 0 Å². The Morgan fingerprint density at radius 1 is 1.12 bits per heavy atom. The van der Waals surface area contributed by atoms with Crippen LogP contribution in [0.25, 0.3) is 11.3 Å². The van der Waals surface area contributed by atoms with Gasteiger partial charge < -0.3 is 10.4 Å². The molecule has 1 unspecified atom stereocenters. The van der Waals surface area contributed by atoms with E-state index in [-0.39, 0.29) is 16.9 Å². The summed E-state index contributed by atoms with van der Waals surface area (Å²) in [6.45, 7) is 1.96. The summed E-state index contributed by atoms with van der Waals surface area (Å²) in [5.41, 5.74) is 2.40. The highest BCUT2D eigenvalue weighted by Gasteiger charge is 2.19. The van der Waals surface area contributed by atoms with Crippen LogP contribution >= 0.6 is 11.8 Å². The lowest BCUT2D eigenvalue weighted by atomic mass is 10.1. The van der Waals surface area contributed by atoms with Gasteiger partial charge in [-0.25, -0.2) is 9.97 Å². The van der Waals surface area contributed by atoms with Gasteiger partial charge in [0.05, 0.1) is 10.9 Å². The van der Waals surface area contributed by atoms with Crippen molar-refractivity contribution in [2.45, 2.75) is 23.6 Å². The number of aromatic nitrogens is 2. The number of phenolic OH excluding ortho intramolecular Hbond substituents is 1. The van der Waals surface area contributed by atoms with Crippen molar-refractivity contribution >= 4 is 23.4 Å². The molecule has 1 aromatic heterocycles. The molecule has 5 nitrogen and oxygen atoms in total. The van der Waals surface area contributed by atoms with Crippen molar-refractivity contribution < 1.29 is 9.90 Å². The normalized spacial score (nSPS) is 11.7. The van der Waals surface area contributed by atoms with Crippen LogP contribution < -0.4 is 5.32 Å². The van der Waals surface area contributed by atoms with E-state index in [0.717, 1.165) is 16.3 Å². The monoisotopic (exact) mass is 365 g/mol. The Kier molecular flexibility index (Phi) is 5.86. The average molecular weight is 365 g/mol. The van der Waals surface area contributed by atoms with Crippen LogP contribution in [0.1, 0.15) is 13.3 Å². The zero-order chi connectivity index (χ0) is 18.4. The molecule has 26 heavy (non-hydrogen) atoms. The molecule has 3 aromatic rings. The Morgan fingerprint density at radius 3 is 2.65 bits per heavy atom. The average Bonchev–Trinajstić information content (AvgIpc) is 2.67. The zero-order valence-electron chi connectivity index (χ0n) is 14.3. The van der Waals surface area contributed by atoms with Crippen molar-refractivity contribution in [2.24, 2.45) is 0 Å². The molecule has 0 aliphatic rings. The smallest absolute Gasteiger partial charge is 0.237 e. The van der Waals surface area contributed by atoms with Crippen molar-refractivity contribution in [1.29, 1.82) is 0 Å². The predicted octanol–water partition coefficient (Wildman–Crippen LogP) is 4.36. The van der Waals surface area contributed by atoms with E-state index in [1.807, 2.05) is 43.3 Å². The summed E-state index contributed by atoms with van der Waals surface area (Å²) in [7, 11) is 0. The first-order valence-corrected chi connectivity index (χ1v) is 9.17. The summed E-state index contributed by atoms with van der Waals surface area (Å²) in [4.78, 5) is 21.2. The van der Waals surface area contributed by atoms with Crippen molar-refractivity contribution in [1.82, 2.24) is 9.97 Å². The minimum Gasteiger partial charge on any atom is -0.508 e. The lowest BCUT2D eigenvalue weighted by Gasteiger charge is -2.14. The second-order valence-corrected chi connectivity index (χ2v) is 6.88. The standard InChI is InChI=1S/C20H19N3O2S/c1-2-18(20(25)23-15-9-6-10-16(24)11-15)26-19-12-17(21-13-22-19)14-7-4-3-5-8-14/h3-13,18,24H,2H2,1H3,(H,23,25). The van der Waals surface area contributed by atoms with Crippen LogP contribution in [0.5, 0.6) is 5.75 Å². The molecule has 1 amide bonds. The topological polar surface area (TPSA) is 75.1 Å². The number of nitrogens with one attached hydrogen (secondary N) is 1. The minimum atomic E-state index is -0.295. The number of amides is 1. The second-order valence-electron chi connectivity index (χ2n) is 5.66. The molecule has 0 aliphatic heterocycles. The number of hydrogen-bond acceptors (Lipinski definition) is 5. The first-order chi connectivity index (χ1) is 12.7. The molecule has 2 N–H and O–H groups in total. The number of phenols is 1. The lowest BCUT2D eigenvalue weighted by Crippen LogP contribution is -2.24. The van der Waals surface area contributed by atoms with Gasteiger partial charge in [-0.3, -0.25) is 4.79 Å². The highest BCUT2D eigenvalue weighted by molar-refractivity contribution is 8.00. The summed E-state index contributed by atoms with van der Waals surface area (Å²) < 4.78 is 0. The van der Waals surface area contributed by atoms with E-state index in [4.69, 9.17) is 0 Å².